The molecule has 3 aromatic heterocycles. The maximum absolute atomic E-state index is 12.7. The minimum Gasteiger partial charge on any atom is -0.354 e. The van der Waals surface area contributed by atoms with Crippen LogP contribution >= 0.6 is 0 Å². The number of hydrogen-bond acceptors (Lipinski definition) is 6. The monoisotopic (exact) mass is 388 g/mol. The lowest BCUT2D eigenvalue weighted by atomic mass is 10.2. The van der Waals surface area contributed by atoms with Crippen molar-refractivity contribution in [3.05, 3.63) is 60.2 Å². The second-order valence-corrected chi connectivity index (χ2v) is 7.20. The number of pyridine rings is 1. The predicted octanol–water partition coefficient (Wildman–Crippen LogP) is 2.93. The maximum atomic E-state index is 12.7. The van der Waals surface area contributed by atoms with Crippen LogP contribution < -0.4 is 10.2 Å². The van der Waals surface area contributed by atoms with Gasteiger partial charge in [0.05, 0.1) is 5.56 Å². The number of benzene rings is 1. The van der Waals surface area contributed by atoms with E-state index in [0.717, 1.165) is 35.2 Å². The van der Waals surface area contributed by atoms with Crippen molar-refractivity contribution in [1.29, 1.82) is 0 Å². The Morgan fingerprint density at radius 3 is 3.00 bits per heavy atom. The Bertz CT molecular complexity index is 1150. The number of fused-ring (bicyclic) bond motifs is 1. The van der Waals surface area contributed by atoms with Gasteiger partial charge in [-0.25, -0.2) is 4.98 Å². The Kier molecular flexibility index (Phi) is 4.23. The lowest BCUT2D eigenvalue weighted by Gasteiger charge is -2.19. The molecule has 4 aromatic rings. The highest BCUT2D eigenvalue weighted by Crippen LogP contribution is 2.29. The van der Waals surface area contributed by atoms with Gasteiger partial charge < -0.3 is 19.7 Å². The molecule has 1 saturated heterocycles. The van der Waals surface area contributed by atoms with Gasteiger partial charge in [-0.15, -0.1) is 0 Å². The van der Waals surface area contributed by atoms with Gasteiger partial charge in [-0.2, -0.15) is 4.98 Å². The van der Waals surface area contributed by atoms with Crippen molar-refractivity contribution in [2.75, 3.05) is 18.0 Å². The Labute approximate surface area is 166 Å². The van der Waals surface area contributed by atoms with Crippen LogP contribution in [0.3, 0.4) is 0 Å². The van der Waals surface area contributed by atoms with E-state index < -0.39 is 0 Å². The van der Waals surface area contributed by atoms with Crippen molar-refractivity contribution >= 4 is 22.6 Å². The lowest BCUT2D eigenvalue weighted by molar-refractivity contribution is 0.0936. The third kappa shape index (κ3) is 3.33. The van der Waals surface area contributed by atoms with Crippen LogP contribution in [-0.2, 0) is 0 Å². The van der Waals surface area contributed by atoms with E-state index in [9.17, 15) is 4.79 Å². The summed E-state index contributed by atoms with van der Waals surface area (Å²) >= 11 is 0. The van der Waals surface area contributed by atoms with E-state index in [1.165, 1.54) is 0 Å². The fraction of sp³-hybridized carbons (Fsp3) is 0.238. The van der Waals surface area contributed by atoms with Crippen molar-refractivity contribution in [2.24, 2.45) is 0 Å². The van der Waals surface area contributed by atoms with E-state index in [-0.39, 0.29) is 11.9 Å². The number of anilines is 1. The molecule has 1 unspecified atom stereocenters. The number of para-hydroxylation sites is 1. The summed E-state index contributed by atoms with van der Waals surface area (Å²) in [6.45, 7) is 3.24. The van der Waals surface area contributed by atoms with Gasteiger partial charge in [0.15, 0.2) is 5.82 Å². The first kappa shape index (κ1) is 17.4. The first-order chi connectivity index (χ1) is 14.2. The van der Waals surface area contributed by atoms with E-state index in [1.54, 1.807) is 13.1 Å². The van der Waals surface area contributed by atoms with Gasteiger partial charge in [0.25, 0.3) is 11.8 Å². The zero-order valence-electron chi connectivity index (χ0n) is 15.9. The van der Waals surface area contributed by atoms with Gasteiger partial charge in [-0.1, -0.05) is 23.4 Å². The molecule has 0 radical (unpaired) electrons. The average molecular weight is 388 g/mol. The summed E-state index contributed by atoms with van der Waals surface area (Å²) in [5, 5.41) is 8.03. The minimum absolute atomic E-state index is 0.0354. The van der Waals surface area contributed by atoms with Crippen molar-refractivity contribution in [3.63, 3.8) is 0 Å². The van der Waals surface area contributed by atoms with Crippen LogP contribution in [0.2, 0.25) is 0 Å². The fourth-order valence-electron chi connectivity index (χ4n) is 3.75. The number of aryl methyl sites for hydroxylation is 1. The van der Waals surface area contributed by atoms with Gasteiger partial charge in [0.2, 0.25) is 0 Å². The number of rotatable bonds is 4. The molecule has 1 fully saturated rings. The molecule has 1 atom stereocenters. The second-order valence-electron chi connectivity index (χ2n) is 7.20. The SMILES string of the molecule is Cc1noc(-c2cccnc2N2CCC(NC(=O)c3cc4ccccc4[nH]3)C2)n1. The molecule has 0 spiro atoms. The van der Waals surface area contributed by atoms with Crippen molar-refractivity contribution in [1.82, 2.24) is 25.4 Å². The smallest absolute Gasteiger partial charge is 0.268 e. The van der Waals surface area contributed by atoms with Gasteiger partial charge in [0.1, 0.15) is 11.5 Å². The molecule has 29 heavy (non-hydrogen) atoms. The number of carbonyl (C=O) groups is 1. The number of amides is 1. The minimum atomic E-state index is -0.0955. The summed E-state index contributed by atoms with van der Waals surface area (Å²) in [5.41, 5.74) is 2.33. The van der Waals surface area contributed by atoms with E-state index in [4.69, 9.17) is 4.52 Å². The second kappa shape index (κ2) is 7.05. The standard InChI is InChI=1S/C21H20N6O2/c1-13-23-21(29-26-13)16-6-4-9-22-19(16)27-10-8-15(12-27)24-20(28)18-11-14-5-2-3-7-17(14)25-18/h2-7,9,11,15,25H,8,10,12H2,1H3,(H,24,28). The van der Waals surface area contributed by atoms with E-state index >= 15 is 0 Å². The first-order valence-electron chi connectivity index (χ1n) is 9.56. The van der Waals surface area contributed by atoms with Gasteiger partial charge in [0, 0.05) is 36.2 Å². The molecular formula is C21H20N6O2. The molecule has 8 nitrogen and oxygen atoms in total. The molecule has 0 bridgehead atoms. The molecule has 4 heterocycles. The van der Waals surface area contributed by atoms with E-state index in [2.05, 4.69) is 30.3 Å². The van der Waals surface area contributed by atoms with Crippen LogP contribution in [0.5, 0.6) is 0 Å². The molecule has 1 aliphatic heterocycles. The van der Waals surface area contributed by atoms with Gasteiger partial charge in [-0.3, -0.25) is 4.79 Å². The highest BCUT2D eigenvalue weighted by atomic mass is 16.5. The number of aromatic nitrogens is 4. The Morgan fingerprint density at radius 2 is 2.17 bits per heavy atom. The van der Waals surface area contributed by atoms with Crippen LogP contribution in [-0.4, -0.2) is 45.1 Å². The Morgan fingerprint density at radius 1 is 1.28 bits per heavy atom. The molecule has 146 valence electrons. The van der Waals surface area contributed by atoms with Gasteiger partial charge in [-0.05, 0) is 37.6 Å². The maximum Gasteiger partial charge on any atom is 0.268 e. The highest BCUT2D eigenvalue weighted by molar-refractivity contribution is 5.98. The van der Waals surface area contributed by atoms with Crippen molar-refractivity contribution in [2.45, 2.75) is 19.4 Å². The van der Waals surface area contributed by atoms with Crippen molar-refractivity contribution < 1.29 is 9.32 Å². The summed E-state index contributed by atoms with van der Waals surface area (Å²) in [7, 11) is 0. The van der Waals surface area contributed by atoms with Crippen molar-refractivity contribution in [3.8, 4) is 11.5 Å². The normalized spacial score (nSPS) is 16.4. The van der Waals surface area contributed by atoms with Crippen LogP contribution in [0.25, 0.3) is 22.4 Å². The molecule has 8 heteroatoms. The molecule has 1 amide bonds. The quantitative estimate of drug-likeness (QED) is 0.558. The summed E-state index contributed by atoms with van der Waals surface area (Å²) in [6, 6.07) is 13.6. The van der Waals surface area contributed by atoms with Crippen LogP contribution in [0.1, 0.15) is 22.7 Å². The van der Waals surface area contributed by atoms with Gasteiger partial charge >= 0.3 is 0 Å². The summed E-state index contributed by atoms with van der Waals surface area (Å²) < 4.78 is 5.33. The summed E-state index contributed by atoms with van der Waals surface area (Å²) in [5.74, 6) is 1.73. The Hall–Kier alpha value is -3.68. The highest BCUT2D eigenvalue weighted by Gasteiger charge is 2.28. The molecule has 2 N–H and O–H groups in total. The molecule has 1 aromatic carbocycles. The number of aromatic amines is 1. The topological polar surface area (TPSA) is 99.9 Å². The summed E-state index contributed by atoms with van der Waals surface area (Å²) in [4.78, 5) is 26.9. The van der Waals surface area contributed by atoms with Crippen LogP contribution in [0.4, 0.5) is 5.82 Å². The fourth-order valence-corrected chi connectivity index (χ4v) is 3.75. The number of nitrogens with zero attached hydrogens (tertiary/aromatic N) is 4. The average Bonchev–Trinajstić information content (AvgIpc) is 3.47. The van der Waals surface area contributed by atoms with E-state index in [0.29, 0.717) is 24.0 Å². The third-order valence-electron chi connectivity index (χ3n) is 5.14. The number of carbonyl (C=O) groups excluding carboxylic acids is 1. The Balaban J connectivity index is 1.31. The zero-order valence-corrected chi connectivity index (χ0v) is 15.9. The lowest BCUT2D eigenvalue weighted by Crippen LogP contribution is -2.37. The third-order valence-corrected chi connectivity index (χ3v) is 5.14. The molecule has 0 aliphatic carbocycles. The van der Waals surface area contributed by atoms with E-state index in [1.807, 2.05) is 42.5 Å². The molecular weight excluding hydrogens is 368 g/mol. The number of nitrogens with one attached hydrogen (secondary N) is 2. The molecule has 0 saturated carbocycles. The van der Waals surface area contributed by atoms with Crippen LogP contribution in [0.15, 0.2) is 53.2 Å². The first-order valence-corrected chi connectivity index (χ1v) is 9.56. The predicted molar refractivity (Wildman–Crippen MR) is 109 cm³/mol. The number of H-pyrrole nitrogens is 1. The molecule has 1 aliphatic rings. The zero-order chi connectivity index (χ0) is 19.8. The van der Waals surface area contributed by atoms with Crippen LogP contribution in [0, 0.1) is 6.92 Å². The summed E-state index contributed by atoms with van der Waals surface area (Å²) in [6.07, 6.45) is 2.59. The molecule has 5 rings (SSSR count). The largest absolute Gasteiger partial charge is 0.354 e. The number of hydrogen-bond donors (Lipinski definition) is 2.